The Morgan fingerprint density at radius 2 is 1.86 bits per heavy atom. The highest BCUT2D eigenvalue weighted by molar-refractivity contribution is 9.10. The van der Waals surface area contributed by atoms with Gasteiger partial charge in [-0.2, -0.15) is 0 Å². The first-order valence-electron chi connectivity index (χ1n) is 9.83. The van der Waals surface area contributed by atoms with Crippen molar-refractivity contribution in [1.82, 2.24) is 9.55 Å². The Hall–Kier alpha value is -2.79. The number of aryl methyl sites for hydroxylation is 1. The van der Waals surface area contributed by atoms with Crippen LogP contribution < -0.4 is 9.64 Å². The van der Waals surface area contributed by atoms with E-state index in [1.165, 1.54) is 16.7 Å². The molecule has 0 saturated carbocycles. The summed E-state index contributed by atoms with van der Waals surface area (Å²) in [6.07, 6.45) is 1.02. The molecule has 0 bridgehead atoms. The number of hydrogen-bond donors (Lipinski definition) is 0. The molecule has 2 heterocycles. The maximum absolute atomic E-state index is 6.04. The van der Waals surface area contributed by atoms with Gasteiger partial charge in [-0.3, -0.25) is 0 Å². The summed E-state index contributed by atoms with van der Waals surface area (Å²) in [6.45, 7) is 2.40. The Balaban J connectivity index is 1.38. The Bertz CT molecular complexity index is 1170. The number of nitrogens with zero attached hydrogens (tertiary/aromatic N) is 3. The molecule has 29 heavy (non-hydrogen) atoms. The summed E-state index contributed by atoms with van der Waals surface area (Å²) in [5.74, 6) is 1.93. The van der Waals surface area contributed by atoms with Crippen LogP contribution in [0.25, 0.3) is 11.0 Å². The average Bonchev–Trinajstić information content (AvgIpc) is 3.08. The molecule has 0 amide bonds. The number of benzene rings is 3. The lowest BCUT2D eigenvalue weighted by molar-refractivity contribution is 0.305. The van der Waals surface area contributed by atoms with Crippen LogP contribution in [0.5, 0.6) is 5.75 Å². The van der Waals surface area contributed by atoms with Crippen molar-refractivity contribution in [3.8, 4) is 5.75 Å². The van der Waals surface area contributed by atoms with Gasteiger partial charge in [-0.15, -0.1) is 0 Å². The van der Waals surface area contributed by atoms with Gasteiger partial charge in [0.25, 0.3) is 0 Å². The molecule has 3 aromatic carbocycles. The Labute approximate surface area is 178 Å². The van der Waals surface area contributed by atoms with E-state index in [1.54, 1.807) is 0 Å². The predicted octanol–water partition coefficient (Wildman–Crippen LogP) is 5.48. The third kappa shape index (κ3) is 3.62. The molecule has 0 radical (unpaired) electrons. The second-order valence-corrected chi connectivity index (χ2v) is 8.40. The first-order chi connectivity index (χ1) is 14.2. The molecule has 1 aromatic heterocycles. The molecule has 0 saturated heterocycles. The van der Waals surface area contributed by atoms with Crippen molar-refractivity contribution in [2.75, 3.05) is 11.4 Å². The van der Waals surface area contributed by atoms with Crippen LogP contribution in [0.4, 0.5) is 5.95 Å². The Morgan fingerprint density at radius 3 is 2.72 bits per heavy atom. The molecule has 0 aliphatic carbocycles. The molecule has 1 aliphatic heterocycles. The third-order valence-corrected chi connectivity index (χ3v) is 6.03. The van der Waals surface area contributed by atoms with Crippen molar-refractivity contribution in [2.45, 2.75) is 19.6 Å². The van der Waals surface area contributed by atoms with Crippen molar-refractivity contribution in [3.05, 3.63) is 87.9 Å². The van der Waals surface area contributed by atoms with Crippen LogP contribution in [0.3, 0.4) is 0 Å². The molecular weight excluding hydrogens is 426 g/mol. The van der Waals surface area contributed by atoms with Gasteiger partial charge in [0.2, 0.25) is 5.95 Å². The molecule has 0 N–H and O–H groups in total. The summed E-state index contributed by atoms with van der Waals surface area (Å²) in [5, 5.41) is 0. The predicted molar refractivity (Wildman–Crippen MR) is 120 cm³/mol. The molecule has 146 valence electrons. The van der Waals surface area contributed by atoms with Gasteiger partial charge in [0, 0.05) is 24.6 Å². The van der Waals surface area contributed by atoms with Gasteiger partial charge in [-0.25, -0.2) is 4.98 Å². The second kappa shape index (κ2) is 7.56. The van der Waals surface area contributed by atoms with Crippen LogP contribution in [-0.4, -0.2) is 16.1 Å². The second-order valence-electron chi connectivity index (χ2n) is 7.48. The zero-order chi connectivity index (χ0) is 19.8. The highest BCUT2D eigenvalue weighted by atomic mass is 79.9. The number of rotatable bonds is 4. The maximum Gasteiger partial charge on any atom is 0.206 e. The molecule has 5 rings (SSSR count). The number of anilines is 1. The molecule has 4 aromatic rings. The zero-order valence-electron chi connectivity index (χ0n) is 16.3. The minimum atomic E-state index is 0.586. The van der Waals surface area contributed by atoms with Crippen LogP contribution in [0, 0.1) is 0 Å². The summed E-state index contributed by atoms with van der Waals surface area (Å²) in [6, 6.07) is 23.0. The lowest BCUT2D eigenvalue weighted by atomic mass is 10.00. The first-order valence-corrected chi connectivity index (χ1v) is 10.6. The molecule has 0 atom stereocenters. The number of imidazole rings is 1. The molecule has 1 aliphatic rings. The number of fused-ring (bicyclic) bond motifs is 2. The molecular formula is C24H22BrN3O. The van der Waals surface area contributed by atoms with E-state index < -0.39 is 0 Å². The molecule has 5 heteroatoms. The highest BCUT2D eigenvalue weighted by Crippen LogP contribution is 2.30. The largest absolute Gasteiger partial charge is 0.489 e. The third-order valence-electron chi connectivity index (χ3n) is 5.54. The fourth-order valence-electron chi connectivity index (χ4n) is 3.98. The topological polar surface area (TPSA) is 30.3 Å². The summed E-state index contributed by atoms with van der Waals surface area (Å²) in [5.41, 5.74) is 6.05. The summed E-state index contributed by atoms with van der Waals surface area (Å²) in [4.78, 5) is 7.25. The summed E-state index contributed by atoms with van der Waals surface area (Å²) >= 11 is 3.55. The van der Waals surface area contributed by atoms with Crippen LogP contribution in [0.1, 0.15) is 16.7 Å². The van der Waals surface area contributed by atoms with Crippen LogP contribution in [-0.2, 0) is 26.6 Å². The van der Waals surface area contributed by atoms with Crippen molar-refractivity contribution >= 4 is 32.9 Å². The standard InChI is InChI=1S/C24H22BrN3O/c1-27-23-10-8-20(25)14-22(23)26-24(27)28-12-11-18-7-9-21(13-19(18)15-28)29-16-17-5-3-2-4-6-17/h2-10,13-14H,11-12,15-16H2,1H3. The quantitative estimate of drug-likeness (QED) is 0.414. The lowest BCUT2D eigenvalue weighted by Gasteiger charge is -2.30. The van der Waals surface area contributed by atoms with E-state index in [2.05, 4.69) is 81.0 Å². The molecule has 0 unspecified atom stereocenters. The monoisotopic (exact) mass is 447 g/mol. The van der Waals surface area contributed by atoms with Gasteiger partial charge in [0.1, 0.15) is 12.4 Å². The van der Waals surface area contributed by atoms with E-state index >= 15 is 0 Å². The van der Waals surface area contributed by atoms with Crippen molar-refractivity contribution in [1.29, 1.82) is 0 Å². The molecule has 0 fully saturated rings. The number of ether oxygens (including phenoxy) is 1. The van der Waals surface area contributed by atoms with Crippen molar-refractivity contribution in [3.63, 3.8) is 0 Å². The number of halogens is 1. The molecule has 0 spiro atoms. The maximum atomic E-state index is 6.04. The fraction of sp³-hybridized carbons (Fsp3) is 0.208. The van der Waals surface area contributed by atoms with Gasteiger partial charge in [-0.1, -0.05) is 52.3 Å². The van der Waals surface area contributed by atoms with Crippen molar-refractivity contribution in [2.24, 2.45) is 7.05 Å². The van der Waals surface area contributed by atoms with E-state index in [1.807, 2.05) is 18.2 Å². The smallest absolute Gasteiger partial charge is 0.206 e. The van der Waals surface area contributed by atoms with Crippen LogP contribution >= 0.6 is 15.9 Å². The summed E-state index contributed by atoms with van der Waals surface area (Å²) in [7, 11) is 2.09. The fourth-order valence-corrected chi connectivity index (χ4v) is 4.33. The Kier molecular flexibility index (Phi) is 4.76. The van der Waals surface area contributed by atoms with Gasteiger partial charge in [0.05, 0.1) is 11.0 Å². The zero-order valence-corrected chi connectivity index (χ0v) is 17.9. The van der Waals surface area contributed by atoms with E-state index in [0.717, 1.165) is 46.7 Å². The average molecular weight is 448 g/mol. The Morgan fingerprint density at radius 1 is 1.00 bits per heavy atom. The van der Waals surface area contributed by atoms with Crippen LogP contribution in [0.2, 0.25) is 0 Å². The van der Waals surface area contributed by atoms with Gasteiger partial charge in [0.15, 0.2) is 0 Å². The van der Waals surface area contributed by atoms with Gasteiger partial charge in [-0.05, 0) is 53.4 Å². The minimum absolute atomic E-state index is 0.586. The SMILES string of the molecule is Cn1c(N2CCc3ccc(OCc4ccccc4)cc3C2)nc2cc(Br)ccc21. The minimum Gasteiger partial charge on any atom is -0.489 e. The summed E-state index contributed by atoms with van der Waals surface area (Å²) < 4.78 is 9.28. The van der Waals surface area contributed by atoms with Crippen LogP contribution in [0.15, 0.2) is 71.2 Å². The van der Waals surface area contributed by atoms with Crippen molar-refractivity contribution < 1.29 is 4.74 Å². The highest BCUT2D eigenvalue weighted by Gasteiger charge is 2.21. The van der Waals surface area contributed by atoms with E-state index in [4.69, 9.17) is 9.72 Å². The van der Waals surface area contributed by atoms with E-state index in [9.17, 15) is 0 Å². The normalized spacial score (nSPS) is 13.5. The van der Waals surface area contributed by atoms with Gasteiger partial charge < -0.3 is 14.2 Å². The van der Waals surface area contributed by atoms with E-state index in [-0.39, 0.29) is 0 Å². The number of aromatic nitrogens is 2. The van der Waals surface area contributed by atoms with E-state index in [0.29, 0.717) is 6.61 Å². The number of hydrogen-bond acceptors (Lipinski definition) is 3. The lowest BCUT2D eigenvalue weighted by Crippen LogP contribution is -2.32. The first kappa shape index (κ1) is 18.3. The molecule has 4 nitrogen and oxygen atoms in total. The van der Waals surface area contributed by atoms with Gasteiger partial charge >= 0.3 is 0 Å².